The molecule has 164 valence electrons. The molecule has 4 aliphatic rings. The van der Waals surface area contributed by atoms with E-state index in [-0.39, 0.29) is 16.7 Å². The Kier molecular flexibility index (Phi) is 6.71. The summed E-state index contributed by atoms with van der Waals surface area (Å²) in [6.07, 6.45) is 7.48. The predicted molar refractivity (Wildman–Crippen MR) is 115 cm³/mol. The molecule has 0 aromatic carbocycles. The summed E-state index contributed by atoms with van der Waals surface area (Å²) in [6, 6.07) is 0. The molecule has 3 unspecified atom stereocenters. The summed E-state index contributed by atoms with van der Waals surface area (Å²) in [5.41, 5.74) is 7.41. The number of nitrogens with zero attached hydrogens (tertiary/aromatic N) is 2. The minimum absolute atomic E-state index is 0.115. The molecule has 29 heavy (non-hydrogen) atoms. The van der Waals surface area contributed by atoms with Gasteiger partial charge in [0.1, 0.15) is 12.4 Å². The van der Waals surface area contributed by atoms with Crippen molar-refractivity contribution in [3.05, 3.63) is 0 Å². The first kappa shape index (κ1) is 22.3. The van der Waals surface area contributed by atoms with Gasteiger partial charge in [-0.15, -0.1) is 0 Å². The van der Waals surface area contributed by atoms with Crippen molar-refractivity contribution in [2.45, 2.75) is 79.1 Å². The number of fused-ring (bicyclic) bond motifs is 5. The molecular formula is C23H39N3O3. The van der Waals surface area contributed by atoms with Crippen molar-refractivity contribution in [2.24, 2.45) is 50.5 Å². The van der Waals surface area contributed by atoms with Crippen LogP contribution in [0.5, 0.6) is 0 Å². The molecule has 0 aliphatic heterocycles. The maximum Gasteiger partial charge on any atom is 0.139 e. The number of hydrogen-bond acceptors (Lipinski definition) is 6. The van der Waals surface area contributed by atoms with Gasteiger partial charge in [-0.05, 0) is 68.1 Å². The fourth-order valence-electron chi connectivity index (χ4n) is 7.03. The van der Waals surface area contributed by atoms with E-state index in [2.05, 4.69) is 24.2 Å². The third kappa shape index (κ3) is 3.62. The van der Waals surface area contributed by atoms with Crippen LogP contribution in [0.25, 0.3) is 0 Å². The molecule has 0 radical (unpaired) electrons. The Labute approximate surface area is 175 Å². The minimum Gasteiger partial charge on any atom is -0.411 e. The van der Waals surface area contributed by atoms with E-state index in [9.17, 15) is 10.0 Å². The van der Waals surface area contributed by atoms with Crippen LogP contribution in [0.2, 0.25) is 0 Å². The Hall–Kier alpha value is -1.43. The van der Waals surface area contributed by atoms with Crippen molar-refractivity contribution >= 4 is 17.2 Å². The highest BCUT2D eigenvalue weighted by Crippen LogP contribution is 2.64. The summed E-state index contributed by atoms with van der Waals surface area (Å²) < 4.78 is 0. The second-order valence-corrected chi connectivity index (χ2v) is 9.63. The molecule has 0 spiro atoms. The zero-order chi connectivity index (χ0) is 21.2. The lowest BCUT2D eigenvalue weighted by Crippen LogP contribution is -2.56. The van der Waals surface area contributed by atoms with E-state index in [1.165, 1.54) is 0 Å². The fourth-order valence-corrected chi connectivity index (χ4v) is 7.03. The van der Waals surface area contributed by atoms with Crippen molar-refractivity contribution in [1.82, 2.24) is 0 Å². The Morgan fingerprint density at radius 2 is 1.90 bits per heavy atom. The van der Waals surface area contributed by atoms with Crippen molar-refractivity contribution in [1.29, 1.82) is 0 Å². The van der Waals surface area contributed by atoms with Gasteiger partial charge in [-0.25, -0.2) is 0 Å². The topological polar surface area (TPSA) is 97.3 Å². The second kappa shape index (κ2) is 8.75. The van der Waals surface area contributed by atoms with Crippen LogP contribution in [-0.2, 0) is 9.63 Å². The van der Waals surface area contributed by atoms with Crippen molar-refractivity contribution in [3.8, 4) is 0 Å². The van der Waals surface area contributed by atoms with Gasteiger partial charge in [0.25, 0.3) is 0 Å². The number of Topliss-reactive ketones (excluding diaryl/α,β-unsaturated/α-hetero) is 1. The molecule has 4 saturated carbocycles. The highest BCUT2D eigenvalue weighted by molar-refractivity contribution is 5.96. The molecule has 0 aromatic rings. The summed E-state index contributed by atoms with van der Waals surface area (Å²) >= 11 is 0. The first-order valence-corrected chi connectivity index (χ1v) is 11.6. The van der Waals surface area contributed by atoms with Gasteiger partial charge in [0.15, 0.2) is 0 Å². The molecule has 0 bridgehead atoms. The monoisotopic (exact) mass is 405 g/mol. The van der Waals surface area contributed by atoms with E-state index in [1.54, 1.807) is 0 Å². The molecule has 6 heteroatoms. The highest BCUT2D eigenvalue weighted by atomic mass is 16.6. The van der Waals surface area contributed by atoms with Gasteiger partial charge in [0.2, 0.25) is 0 Å². The number of hydrogen-bond donors (Lipinski definition) is 2. The van der Waals surface area contributed by atoms with Crippen molar-refractivity contribution < 1.29 is 14.8 Å². The summed E-state index contributed by atoms with van der Waals surface area (Å²) in [7, 11) is 0. The number of rotatable bonds is 3. The van der Waals surface area contributed by atoms with E-state index in [4.69, 9.17) is 10.6 Å². The van der Waals surface area contributed by atoms with E-state index >= 15 is 0 Å². The number of ketones is 1. The number of nitrogens with two attached hydrogens (primary N) is 1. The average molecular weight is 406 g/mol. The zero-order valence-corrected chi connectivity index (χ0v) is 18.6. The molecule has 6 nitrogen and oxygen atoms in total. The zero-order valence-electron chi connectivity index (χ0n) is 18.6. The van der Waals surface area contributed by atoms with Gasteiger partial charge >= 0.3 is 0 Å². The van der Waals surface area contributed by atoms with Crippen LogP contribution in [-0.4, -0.2) is 35.6 Å². The van der Waals surface area contributed by atoms with E-state index < -0.39 is 0 Å². The van der Waals surface area contributed by atoms with Crippen molar-refractivity contribution in [3.63, 3.8) is 0 Å². The van der Waals surface area contributed by atoms with Gasteiger partial charge in [-0.3, -0.25) is 4.79 Å². The number of carbonyl (C=O) groups excluding carboxylic acids is 1. The van der Waals surface area contributed by atoms with Gasteiger partial charge in [-0.1, -0.05) is 38.0 Å². The van der Waals surface area contributed by atoms with Crippen molar-refractivity contribution in [2.75, 3.05) is 13.2 Å². The molecule has 6 atom stereocenters. The Bertz CT molecular complexity index is 676. The first-order valence-electron chi connectivity index (χ1n) is 11.6. The van der Waals surface area contributed by atoms with Crippen LogP contribution in [0, 0.1) is 34.5 Å². The summed E-state index contributed by atoms with van der Waals surface area (Å²) in [5.74, 6) is 2.19. The molecule has 4 rings (SSSR count). The molecule has 4 aliphatic carbocycles. The number of oxime groups is 2. The third-order valence-corrected chi connectivity index (χ3v) is 8.56. The molecule has 0 amide bonds. The van der Waals surface area contributed by atoms with Crippen LogP contribution in [0.15, 0.2) is 10.3 Å². The van der Waals surface area contributed by atoms with E-state index in [0.717, 1.165) is 62.8 Å². The molecule has 0 aromatic heterocycles. The smallest absolute Gasteiger partial charge is 0.139 e. The summed E-state index contributed by atoms with van der Waals surface area (Å²) in [4.78, 5) is 17.9. The quantitative estimate of drug-likeness (QED) is 0.413. The largest absolute Gasteiger partial charge is 0.411 e. The normalized spacial score (nSPS) is 43.8. The Morgan fingerprint density at radius 1 is 1.14 bits per heavy atom. The summed E-state index contributed by atoms with van der Waals surface area (Å²) in [6.45, 7) is 9.47. The average Bonchev–Trinajstić information content (AvgIpc) is 3.04. The number of carbonyl (C=O) groups is 1. The summed E-state index contributed by atoms with van der Waals surface area (Å²) in [5, 5.41) is 17.9. The molecular weight excluding hydrogens is 366 g/mol. The Balaban J connectivity index is 0.00000117. The molecule has 4 fully saturated rings. The molecule has 0 heterocycles. The third-order valence-electron chi connectivity index (χ3n) is 8.56. The van der Waals surface area contributed by atoms with Gasteiger partial charge in [0, 0.05) is 24.3 Å². The van der Waals surface area contributed by atoms with Crippen LogP contribution >= 0.6 is 0 Å². The van der Waals surface area contributed by atoms with Crippen LogP contribution < -0.4 is 5.73 Å². The van der Waals surface area contributed by atoms with Crippen LogP contribution in [0.1, 0.15) is 79.1 Å². The second-order valence-electron chi connectivity index (χ2n) is 9.63. The first-order chi connectivity index (χ1) is 13.9. The lowest BCUT2D eigenvalue weighted by Gasteiger charge is -2.59. The van der Waals surface area contributed by atoms with E-state index in [0.29, 0.717) is 36.7 Å². The maximum absolute atomic E-state index is 12.6. The lowest BCUT2D eigenvalue weighted by atomic mass is 9.45. The molecule has 0 saturated heterocycles. The van der Waals surface area contributed by atoms with Crippen LogP contribution in [0.3, 0.4) is 0 Å². The lowest BCUT2D eigenvalue weighted by molar-refractivity contribution is -0.133. The standard InChI is InChI=1S/C21H33N3O3.C2H6/c1-20-7-5-13(24-27-10-9-22)11-17(20)18(23-26)12-14-15-3-4-19(25)21(15,2)8-6-16(14)20;1-2/h14-17,26H,3-12,22H2,1-2H3;1-2H3/b23-18+,24-13+;/t14?,15?,16?,17-,20-,21+;/m1./s1. The fraction of sp³-hybridized carbons (Fsp3) is 0.870. The van der Waals surface area contributed by atoms with Gasteiger partial charge < -0.3 is 15.8 Å². The van der Waals surface area contributed by atoms with E-state index in [1.807, 2.05) is 13.8 Å². The predicted octanol–water partition coefficient (Wildman–Crippen LogP) is 4.40. The SMILES string of the molecule is CC.C[C@]12CCC3C(C/C(=N\O)[C@H]4C/C(=N/OCCN)CC[C@]34C)C1CCC2=O. The van der Waals surface area contributed by atoms with Gasteiger partial charge in [0.05, 0.1) is 11.4 Å². The van der Waals surface area contributed by atoms with Crippen LogP contribution in [0.4, 0.5) is 0 Å². The molecule has 3 N–H and O–H groups in total. The minimum atomic E-state index is -0.151. The highest BCUT2D eigenvalue weighted by Gasteiger charge is 2.61. The maximum atomic E-state index is 12.6. The Morgan fingerprint density at radius 3 is 2.59 bits per heavy atom. The van der Waals surface area contributed by atoms with Gasteiger partial charge in [-0.2, -0.15) is 0 Å².